The number of ether oxygens (including phenoxy) is 1. The van der Waals surface area contributed by atoms with Crippen molar-refractivity contribution in [2.75, 3.05) is 31.6 Å². The van der Waals surface area contributed by atoms with Crippen LogP contribution >= 0.6 is 0 Å². The fourth-order valence-electron chi connectivity index (χ4n) is 3.30. The lowest BCUT2D eigenvalue weighted by Crippen LogP contribution is -2.42. The van der Waals surface area contributed by atoms with Crippen molar-refractivity contribution in [2.24, 2.45) is 0 Å². The van der Waals surface area contributed by atoms with E-state index in [2.05, 4.69) is 10.2 Å². The Morgan fingerprint density at radius 1 is 1.12 bits per heavy atom. The third-order valence-corrected chi connectivity index (χ3v) is 6.51. The lowest BCUT2D eigenvalue weighted by molar-refractivity contribution is -0.139. The van der Waals surface area contributed by atoms with E-state index in [0.717, 1.165) is 30.8 Å². The first-order valence-electron chi connectivity index (χ1n) is 9.95. The van der Waals surface area contributed by atoms with Crippen LogP contribution in [0.15, 0.2) is 53.4 Å². The van der Waals surface area contributed by atoms with Gasteiger partial charge in [-0.2, -0.15) is 17.9 Å². The zero-order chi connectivity index (χ0) is 23.4. The van der Waals surface area contributed by atoms with Gasteiger partial charge in [-0.25, -0.2) is 8.42 Å². The fourth-order valence-corrected chi connectivity index (χ4v) is 4.73. The van der Waals surface area contributed by atoms with Crippen molar-refractivity contribution in [2.45, 2.75) is 30.6 Å². The van der Waals surface area contributed by atoms with Crippen molar-refractivity contribution in [3.63, 3.8) is 0 Å². The van der Waals surface area contributed by atoms with E-state index in [0.29, 0.717) is 31.5 Å². The van der Waals surface area contributed by atoms with Crippen LogP contribution in [-0.2, 0) is 32.3 Å². The Labute approximate surface area is 184 Å². The summed E-state index contributed by atoms with van der Waals surface area (Å²) >= 11 is 0. The summed E-state index contributed by atoms with van der Waals surface area (Å²) in [6.45, 7) is 4.85. The molecule has 1 atom stereocenters. The quantitative estimate of drug-likeness (QED) is 0.649. The molecule has 0 spiro atoms. The molecule has 32 heavy (non-hydrogen) atoms. The van der Waals surface area contributed by atoms with Gasteiger partial charge in [-0.05, 0) is 36.8 Å². The van der Waals surface area contributed by atoms with Crippen LogP contribution in [0.1, 0.15) is 18.1 Å². The van der Waals surface area contributed by atoms with Crippen LogP contribution in [0.2, 0.25) is 0 Å². The van der Waals surface area contributed by atoms with E-state index in [-0.39, 0.29) is 0 Å². The van der Waals surface area contributed by atoms with Crippen LogP contribution in [0, 0.1) is 0 Å². The molecule has 1 amide bonds. The minimum absolute atomic E-state index is 0.461. The number of nitrogens with zero attached hydrogens (tertiary/aromatic N) is 1. The van der Waals surface area contributed by atoms with Crippen molar-refractivity contribution < 1.29 is 31.1 Å². The van der Waals surface area contributed by atoms with Gasteiger partial charge in [0.2, 0.25) is 15.9 Å². The Bertz CT molecular complexity index is 1050. The molecule has 2 aromatic carbocycles. The number of rotatable bonds is 7. The number of hydrogen-bond donors (Lipinski definition) is 2. The Morgan fingerprint density at radius 3 is 2.50 bits per heavy atom. The molecular formula is C21H24F3N3O4S. The van der Waals surface area contributed by atoms with Crippen molar-refractivity contribution >= 4 is 21.6 Å². The minimum atomic E-state index is -4.85. The van der Waals surface area contributed by atoms with Gasteiger partial charge in [-0.1, -0.05) is 24.3 Å². The largest absolute Gasteiger partial charge is 0.417 e. The number of amides is 1. The first-order chi connectivity index (χ1) is 15.1. The summed E-state index contributed by atoms with van der Waals surface area (Å²) in [5.74, 6) is -0.693. The van der Waals surface area contributed by atoms with Gasteiger partial charge >= 0.3 is 6.18 Å². The number of sulfonamides is 1. The maximum absolute atomic E-state index is 13.2. The Hall–Kier alpha value is -2.47. The molecular weight excluding hydrogens is 447 g/mol. The van der Waals surface area contributed by atoms with E-state index < -0.39 is 38.6 Å². The third kappa shape index (κ3) is 6.28. The van der Waals surface area contributed by atoms with Gasteiger partial charge in [0.15, 0.2) is 0 Å². The van der Waals surface area contributed by atoms with Crippen LogP contribution in [-0.4, -0.2) is 51.6 Å². The van der Waals surface area contributed by atoms with Crippen molar-refractivity contribution in [1.82, 2.24) is 9.62 Å². The summed E-state index contributed by atoms with van der Waals surface area (Å²) in [7, 11) is -4.59. The number of anilines is 1. The first kappa shape index (κ1) is 24.2. The normalized spacial score (nSPS) is 16.5. The molecule has 0 saturated carbocycles. The van der Waals surface area contributed by atoms with Crippen LogP contribution in [0.5, 0.6) is 0 Å². The van der Waals surface area contributed by atoms with Crippen LogP contribution in [0.25, 0.3) is 0 Å². The first-order valence-corrected chi connectivity index (χ1v) is 11.4. The highest BCUT2D eigenvalue weighted by atomic mass is 32.2. The predicted molar refractivity (Wildman–Crippen MR) is 112 cm³/mol. The molecule has 0 aromatic heterocycles. The molecule has 0 radical (unpaired) electrons. The van der Waals surface area contributed by atoms with Crippen LogP contribution < -0.4 is 10.0 Å². The van der Waals surface area contributed by atoms with Gasteiger partial charge in [-0.15, -0.1) is 0 Å². The zero-order valence-corrected chi connectivity index (χ0v) is 18.2. The van der Waals surface area contributed by atoms with Crippen LogP contribution in [0.3, 0.4) is 0 Å². The summed E-state index contributed by atoms with van der Waals surface area (Å²) in [4.78, 5) is 13.8. The molecule has 3 rings (SSSR count). The van der Waals surface area contributed by atoms with Crippen molar-refractivity contribution in [3.8, 4) is 0 Å². The summed E-state index contributed by atoms with van der Waals surface area (Å²) in [6.07, 6.45) is -4.85. The number of carbonyl (C=O) groups excluding carboxylic acids is 1. The Kier molecular flexibility index (Phi) is 7.55. The lowest BCUT2D eigenvalue weighted by atomic mass is 10.1. The van der Waals surface area contributed by atoms with Gasteiger partial charge in [0, 0.05) is 25.3 Å². The average molecular weight is 472 g/mol. The molecule has 1 aliphatic heterocycles. The van der Waals surface area contributed by atoms with Gasteiger partial charge in [0.1, 0.15) is 0 Å². The number of nitrogens with one attached hydrogen (secondary N) is 2. The molecule has 0 unspecified atom stereocenters. The maximum atomic E-state index is 13.2. The molecule has 2 N–H and O–H groups in total. The number of hydrogen-bond acceptors (Lipinski definition) is 5. The third-order valence-electron chi connectivity index (χ3n) is 4.91. The molecule has 2 aromatic rings. The van der Waals surface area contributed by atoms with Crippen molar-refractivity contribution in [3.05, 3.63) is 59.7 Å². The van der Waals surface area contributed by atoms with Gasteiger partial charge in [-0.3, -0.25) is 9.69 Å². The van der Waals surface area contributed by atoms with E-state index in [1.165, 1.54) is 13.0 Å². The molecule has 1 aliphatic rings. The standard InChI is InChI=1S/C21H24F3N3O4S/c1-15(26-32(29,30)19-8-3-2-7-18(19)21(22,23)24)20(28)25-17-6-4-5-16(13-17)14-27-9-11-31-12-10-27/h2-8,13,15,26H,9-12,14H2,1H3,(H,25,28)/t15-/m0/s1. The van der Waals surface area contributed by atoms with E-state index in [9.17, 15) is 26.4 Å². The molecule has 1 saturated heterocycles. The second-order valence-electron chi connectivity index (χ2n) is 7.42. The highest BCUT2D eigenvalue weighted by Crippen LogP contribution is 2.33. The predicted octanol–water partition coefficient (Wildman–Crippen LogP) is 2.84. The molecule has 0 aliphatic carbocycles. The lowest BCUT2D eigenvalue weighted by Gasteiger charge is -2.26. The van der Waals surface area contributed by atoms with Gasteiger partial charge in [0.25, 0.3) is 0 Å². The van der Waals surface area contributed by atoms with E-state index in [1.54, 1.807) is 18.2 Å². The summed E-state index contributed by atoms with van der Waals surface area (Å²) in [5, 5.41) is 2.61. The molecule has 0 bridgehead atoms. The average Bonchev–Trinajstić information content (AvgIpc) is 2.74. The number of morpholine rings is 1. The zero-order valence-electron chi connectivity index (χ0n) is 17.4. The fraction of sp³-hybridized carbons (Fsp3) is 0.381. The molecule has 7 nitrogen and oxygen atoms in total. The summed E-state index contributed by atoms with van der Waals surface area (Å²) in [6, 6.07) is 9.62. The summed E-state index contributed by atoms with van der Waals surface area (Å²) in [5.41, 5.74) is 0.121. The van der Waals surface area contributed by atoms with Crippen molar-refractivity contribution in [1.29, 1.82) is 0 Å². The molecule has 1 heterocycles. The number of halogens is 3. The number of alkyl halides is 3. The molecule has 174 valence electrons. The van der Waals surface area contributed by atoms with Crippen LogP contribution in [0.4, 0.5) is 18.9 Å². The SMILES string of the molecule is C[C@H](NS(=O)(=O)c1ccccc1C(F)(F)F)C(=O)Nc1cccc(CN2CCOCC2)c1. The summed E-state index contributed by atoms with van der Waals surface area (Å²) < 4.78 is 72.0. The minimum Gasteiger partial charge on any atom is -0.379 e. The monoisotopic (exact) mass is 471 g/mol. The van der Waals surface area contributed by atoms with Gasteiger partial charge in [0.05, 0.1) is 29.7 Å². The van der Waals surface area contributed by atoms with E-state index in [4.69, 9.17) is 4.74 Å². The molecule has 11 heteroatoms. The maximum Gasteiger partial charge on any atom is 0.417 e. The topological polar surface area (TPSA) is 87.7 Å². The smallest absolute Gasteiger partial charge is 0.379 e. The van der Waals surface area contributed by atoms with E-state index in [1.807, 2.05) is 10.8 Å². The molecule has 1 fully saturated rings. The number of carbonyl (C=O) groups is 1. The Balaban J connectivity index is 1.67. The Morgan fingerprint density at radius 2 is 1.81 bits per heavy atom. The van der Waals surface area contributed by atoms with E-state index >= 15 is 0 Å². The van der Waals surface area contributed by atoms with Gasteiger partial charge < -0.3 is 10.1 Å². The highest BCUT2D eigenvalue weighted by molar-refractivity contribution is 7.89. The number of benzene rings is 2. The second-order valence-corrected chi connectivity index (χ2v) is 9.10. The highest BCUT2D eigenvalue weighted by Gasteiger charge is 2.37. The second kappa shape index (κ2) is 9.99.